The SMILES string of the molecule is Fc1cccc(Nc2cc(-c3cccnc3)nc([C@H]3CCCCN3Cc3ccncc3)n2)c1. The van der Waals surface area contributed by atoms with Crippen LogP contribution in [-0.4, -0.2) is 31.4 Å². The Hall–Kier alpha value is -3.71. The molecule has 4 heterocycles. The first-order valence-corrected chi connectivity index (χ1v) is 11.2. The van der Waals surface area contributed by atoms with Crippen molar-refractivity contribution in [3.63, 3.8) is 0 Å². The van der Waals surface area contributed by atoms with Gasteiger partial charge in [0.15, 0.2) is 0 Å². The van der Waals surface area contributed by atoms with Crippen molar-refractivity contribution >= 4 is 11.5 Å². The minimum Gasteiger partial charge on any atom is -0.340 e. The Labute approximate surface area is 192 Å². The van der Waals surface area contributed by atoms with E-state index in [0.29, 0.717) is 11.5 Å². The number of halogens is 1. The van der Waals surface area contributed by atoms with Crippen molar-refractivity contribution < 1.29 is 4.39 Å². The lowest BCUT2D eigenvalue weighted by molar-refractivity contribution is 0.134. The van der Waals surface area contributed by atoms with E-state index in [-0.39, 0.29) is 11.9 Å². The van der Waals surface area contributed by atoms with Crippen LogP contribution in [0.5, 0.6) is 0 Å². The van der Waals surface area contributed by atoms with E-state index in [9.17, 15) is 4.39 Å². The number of rotatable bonds is 6. The first kappa shape index (κ1) is 21.2. The molecule has 0 unspecified atom stereocenters. The normalized spacial score (nSPS) is 16.5. The van der Waals surface area contributed by atoms with Gasteiger partial charge in [-0.2, -0.15) is 0 Å². The fourth-order valence-corrected chi connectivity index (χ4v) is 4.25. The van der Waals surface area contributed by atoms with Crippen LogP contribution in [0.25, 0.3) is 11.3 Å². The number of piperidine rings is 1. The molecule has 4 aromatic rings. The van der Waals surface area contributed by atoms with Gasteiger partial charge in [-0.25, -0.2) is 14.4 Å². The van der Waals surface area contributed by atoms with Crippen molar-refractivity contribution in [1.29, 1.82) is 0 Å². The molecular formula is C26H25FN6. The van der Waals surface area contributed by atoms with Gasteiger partial charge in [0.25, 0.3) is 0 Å². The number of anilines is 2. The predicted octanol–water partition coefficient (Wildman–Crippen LogP) is 5.54. The summed E-state index contributed by atoms with van der Waals surface area (Å²) in [7, 11) is 0. The summed E-state index contributed by atoms with van der Waals surface area (Å²) in [6, 6.07) is 16.4. The lowest BCUT2D eigenvalue weighted by Crippen LogP contribution is -2.34. The van der Waals surface area contributed by atoms with Gasteiger partial charge < -0.3 is 5.32 Å². The second-order valence-electron chi connectivity index (χ2n) is 8.21. The highest BCUT2D eigenvalue weighted by atomic mass is 19.1. The van der Waals surface area contributed by atoms with Gasteiger partial charge in [0, 0.05) is 48.6 Å². The maximum Gasteiger partial charge on any atom is 0.148 e. The molecule has 5 rings (SSSR count). The van der Waals surface area contributed by atoms with E-state index in [1.165, 1.54) is 17.7 Å². The number of nitrogens with zero attached hydrogens (tertiary/aromatic N) is 5. The van der Waals surface area contributed by atoms with Crippen LogP contribution in [0.4, 0.5) is 15.9 Å². The molecule has 0 spiro atoms. The Balaban J connectivity index is 1.51. The quantitative estimate of drug-likeness (QED) is 0.424. The third-order valence-corrected chi connectivity index (χ3v) is 5.84. The van der Waals surface area contributed by atoms with E-state index in [1.807, 2.05) is 36.7 Å². The Morgan fingerprint density at radius 1 is 0.939 bits per heavy atom. The second-order valence-corrected chi connectivity index (χ2v) is 8.21. The molecule has 3 aromatic heterocycles. The molecule has 6 nitrogen and oxygen atoms in total. The third-order valence-electron chi connectivity index (χ3n) is 5.84. The predicted molar refractivity (Wildman–Crippen MR) is 126 cm³/mol. The molecule has 0 radical (unpaired) electrons. The molecule has 33 heavy (non-hydrogen) atoms. The van der Waals surface area contributed by atoms with E-state index in [0.717, 1.165) is 49.4 Å². The van der Waals surface area contributed by atoms with Crippen LogP contribution in [0.2, 0.25) is 0 Å². The maximum atomic E-state index is 13.8. The van der Waals surface area contributed by atoms with Gasteiger partial charge >= 0.3 is 0 Å². The number of hydrogen-bond donors (Lipinski definition) is 1. The van der Waals surface area contributed by atoms with Crippen LogP contribution in [0.3, 0.4) is 0 Å². The van der Waals surface area contributed by atoms with Gasteiger partial charge in [0.05, 0.1) is 11.7 Å². The van der Waals surface area contributed by atoms with Crippen molar-refractivity contribution in [2.24, 2.45) is 0 Å². The van der Waals surface area contributed by atoms with Crippen molar-refractivity contribution in [2.45, 2.75) is 31.8 Å². The average molecular weight is 441 g/mol. The zero-order chi connectivity index (χ0) is 22.5. The Morgan fingerprint density at radius 3 is 2.67 bits per heavy atom. The Morgan fingerprint density at radius 2 is 1.85 bits per heavy atom. The van der Waals surface area contributed by atoms with Gasteiger partial charge in [-0.15, -0.1) is 0 Å². The number of aromatic nitrogens is 4. The summed E-state index contributed by atoms with van der Waals surface area (Å²) in [5.41, 5.74) is 3.58. The summed E-state index contributed by atoms with van der Waals surface area (Å²) in [5, 5.41) is 3.26. The molecule has 0 amide bonds. The van der Waals surface area contributed by atoms with Gasteiger partial charge in [0.2, 0.25) is 0 Å². The highest BCUT2D eigenvalue weighted by Crippen LogP contribution is 2.33. The van der Waals surface area contributed by atoms with E-state index in [2.05, 4.69) is 32.3 Å². The molecule has 1 aliphatic heterocycles. The van der Waals surface area contributed by atoms with E-state index >= 15 is 0 Å². The largest absolute Gasteiger partial charge is 0.340 e. The maximum absolute atomic E-state index is 13.8. The first-order chi connectivity index (χ1) is 16.2. The number of benzene rings is 1. The summed E-state index contributed by atoms with van der Waals surface area (Å²) in [5.74, 6) is 1.11. The fourth-order valence-electron chi connectivity index (χ4n) is 4.25. The summed E-state index contributed by atoms with van der Waals surface area (Å²) in [6.07, 6.45) is 10.5. The smallest absolute Gasteiger partial charge is 0.148 e. The average Bonchev–Trinajstić information content (AvgIpc) is 2.85. The molecular weight excluding hydrogens is 415 g/mol. The van der Waals surface area contributed by atoms with Crippen molar-refractivity contribution in [1.82, 2.24) is 24.8 Å². The highest BCUT2D eigenvalue weighted by molar-refractivity contribution is 5.65. The molecule has 1 aliphatic rings. The molecule has 1 aromatic carbocycles. The minimum absolute atomic E-state index is 0.0941. The minimum atomic E-state index is -0.294. The molecule has 0 saturated carbocycles. The molecule has 0 aliphatic carbocycles. The number of likely N-dealkylation sites (tertiary alicyclic amines) is 1. The molecule has 1 atom stereocenters. The molecule has 1 saturated heterocycles. The summed E-state index contributed by atoms with van der Waals surface area (Å²) >= 11 is 0. The number of pyridine rings is 2. The number of nitrogens with one attached hydrogen (secondary N) is 1. The molecule has 0 bridgehead atoms. The summed E-state index contributed by atoms with van der Waals surface area (Å²) < 4.78 is 13.8. The van der Waals surface area contributed by atoms with Crippen LogP contribution in [0.15, 0.2) is 79.4 Å². The van der Waals surface area contributed by atoms with Crippen LogP contribution in [-0.2, 0) is 6.54 Å². The van der Waals surface area contributed by atoms with Crippen molar-refractivity contribution in [3.05, 3.63) is 96.6 Å². The molecule has 7 heteroatoms. The lowest BCUT2D eigenvalue weighted by atomic mass is 10.00. The lowest BCUT2D eigenvalue weighted by Gasteiger charge is -2.35. The standard InChI is InChI=1S/C26H25FN6/c27-21-6-3-7-22(15-21)30-25-16-23(20-5-4-11-29-17-20)31-26(32-25)24-8-1-2-14-33(24)18-19-9-12-28-13-10-19/h3-7,9-13,15-17,24H,1-2,8,14,18H2,(H,30,31,32)/t24-/m1/s1. The zero-order valence-corrected chi connectivity index (χ0v) is 18.2. The highest BCUT2D eigenvalue weighted by Gasteiger charge is 2.27. The first-order valence-electron chi connectivity index (χ1n) is 11.2. The third kappa shape index (κ3) is 5.21. The van der Waals surface area contributed by atoms with Crippen LogP contribution >= 0.6 is 0 Å². The Kier molecular flexibility index (Phi) is 6.30. The molecule has 1 N–H and O–H groups in total. The van der Waals surface area contributed by atoms with E-state index in [1.54, 1.807) is 18.5 Å². The number of hydrogen-bond acceptors (Lipinski definition) is 6. The zero-order valence-electron chi connectivity index (χ0n) is 18.2. The monoisotopic (exact) mass is 440 g/mol. The summed E-state index contributed by atoms with van der Waals surface area (Å²) in [6.45, 7) is 1.81. The van der Waals surface area contributed by atoms with Crippen molar-refractivity contribution in [2.75, 3.05) is 11.9 Å². The van der Waals surface area contributed by atoms with Crippen LogP contribution < -0.4 is 5.32 Å². The second kappa shape index (κ2) is 9.83. The fraction of sp³-hybridized carbons (Fsp3) is 0.231. The van der Waals surface area contributed by atoms with Gasteiger partial charge in [-0.05, 0) is 67.4 Å². The van der Waals surface area contributed by atoms with Gasteiger partial charge in [-0.3, -0.25) is 14.9 Å². The van der Waals surface area contributed by atoms with Crippen LogP contribution in [0, 0.1) is 5.82 Å². The van der Waals surface area contributed by atoms with Gasteiger partial charge in [0.1, 0.15) is 17.5 Å². The topological polar surface area (TPSA) is 66.8 Å². The molecule has 166 valence electrons. The van der Waals surface area contributed by atoms with Crippen molar-refractivity contribution in [3.8, 4) is 11.3 Å². The Bertz CT molecular complexity index is 1200. The molecule has 1 fully saturated rings. The van der Waals surface area contributed by atoms with Crippen LogP contribution in [0.1, 0.15) is 36.7 Å². The van der Waals surface area contributed by atoms with E-state index < -0.39 is 0 Å². The summed E-state index contributed by atoms with van der Waals surface area (Å²) in [4.78, 5) is 20.7. The van der Waals surface area contributed by atoms with E-state index in [4.69, 9.17) is 9.97 Å². The van der Waals surface area contributed by atoms with Gasteiger partial charge in [-0.1, -0.05) is 12.5 Å².